The summed E-state index contributed by atoms with van der Waals surface area (Å²) in [5.41, 5.74) is 5.73. The van der Waals surface area contributed by atoms with Crippen LogP contribution in [-0.4, -0.2) is 49.2 Å². The van der Waals surface area contributed by atoms with Gasteiger partial charge in [0, 0.05) is 32.2 Å². The van der Waals surface area contributed by atoms with Crippen molar-refractivity contribution >= 4 is 10.2 Å². The summed E-state index contributed by atoms with van der Waals surface area (Å²) < 4.78 is 27.9. The van der Waals surface area contributed by atoms with E-state index in [1.165, 1.54) is 4.31 Å². The molecule has 0 aliphatic carbocycles. The van der Waals surface area contributed by atoms with Gasteiger partial charge < -0.3 is 5.73 Å². The maximum atomic E-state index is 12.4. The van der Waals surface area contributed by atoms with E-state index >= 15 is 0 Å². The quantitative estimate of drug-likeness (QED) is 0.809. The van der Waals surface area contributed by atoms with E-state index in [0.717, 1.165) is 12.8 Å². The van der Waals surface area contributed by atoms with Crippen LogP contribution in [0.2, 0.25) is 0 Å². The van der Waals surface area contributed by atoms with Crippen LogP contribution in [0.25, 0.3) is 0 Å². The first-order valence-corrected chi connectivity index (χ1v) is 7.67. The van der Waals surface area contributed by atoms with Crippen molar-refractivity contribution in [1.29, 1.82) is 0 Å². The second kappa shape index (κ2) is 5.65. The smallest absolute Gasteiger partial charge is 0.282 e. The molecule has 0 bridgehead atoms. The van der Waals surface area contributed by atoms with E-state index in [1.54, 1.807) is 11.4 Å². The van der Waals surface area contributed by atoms with Gasteiger partial charge in [-0.3, -0.25) is 0 Å². The molecule has 1 heterocycles. The minimum Gasteiger partial charge on any atom is -0.329 e. The van der Waals surface area contributed by atoms with Crippen molar-refractivity contribution in [2.75, 3.05) is 20.1 Å². The highest BCUT2D eigenvalue weighted by Gasteiger charge is 2.38. The van der Waals surface area contributed by atoms with Crippen molar-refractivity contribution in [3.05, 3.63) is 0 Å². The molecule has 0 aromatic carbocycles. The summed E-state index contributed by atoms with van der Waals surface area (Å²) in [5, 5.41) is 0. The van der Waals surface area contributed by atoms with Crippen LogP contribution in [-0.2, 0) is 10.2 Å². The molecule has 0 aromatic heterocycles. The van der Waals surface area contributed by atoms with E-state index in [1.807, 2.05) is 13.8 Å². The Bertz CT molecular complexity index is 343. The molecule has 17 heavy (non-hydrogen) atoms. The summed E-state index contributed by atoms with van der Waals surface area (Å²) in [4.78, 5) is 0. The van der Waals surface area contributed by atoms with Gasteiger partial charge in [0.1, 0.15) is 0 Å². The van der Waals surface area contributed by atoms with Gasteiger partial charge in [0.25, 0.3) is 10.2 Å². The highest BCUT2D eigenvalue weighted by Crippen LogP contribution is 2.26. The van der Waals surface area contributed by atoms with Crippen LogP contribution in [0.4, 0.5) is 0 Å². The van der Waals surface area contributed by atoms with Gasteiger partial charge in [0.05, 0.1) is 0 Å². The van der Waals surface area contributed by atoms with Gasteiger partial charge in [-0.1, -0.05) is 6.92 Å². The second-order valence-electron chi connectivity index (χ2n) is 5.15. The van der Waals surface area contributed by atoms with E-state index in [9.17, 15) is 8.42 Å². The van der Waals surface area contributed by atoms with Crippen molar-refractivity contribution < 1.29 is 8.42 Å². The lowest BCUT2D eigenvalue weighted by Crippen LogP contribution is -2.55. The van der Waals surface area contributed by atoms with Crippen LogP contribution < -0.4 is 5.73 Å². The molecule has 1 rings (SSSR count). The maximum absolute atomic E-state index is 12.4. The van der Waals surface area contributed by atoms with Crippen molar-refractivity contribution in [2.45, 2.75) is 45.7 Å². The zero-order chi connectivity index (χ0) is 13.2. The lowest BCUT2D eigenvalue weighted by atomic mass is 9.93. The van der Waals surface area contributed by atoms with Gasteiger partial charge in [-0.25, -0.2) is 0 Å². The van der Waals surface area contributed by atoms with Crippen LogP contribution in [0.5, 0.6) is 0 Å². The Morgan fingerprint density at radius 3 is 2.53 bits per heavy atom. The predicted molar refractivity (Wildman–Crippen MR) is 69.8 cm³/mol. The number of nitrogens with two attached hydrogens (primary N) is 1. The predicted octanol–water partition coefficient (Wildman–Crippen LogP) is 0.631. The van der Waals surface area contributed by atoms with Gasteiger partial charge in [0.15, 0.2) is 0 Å². The van der Waals surface area contributed by atoms with E-state index in [-0.39, 0.29) is 12.1 Å². The summed E-state index contributed by atoms with van der Waals surface area (Å²) in [6.07, 6.45) is 1.97. The summed E-state index contributed by atoms with van der Waals surface area (Å²) in [6.45, 7) is 6.82. The first-order valence-electron chi connectivity index (χ1n) is 6.27. The molecule has 0 amide bonds. The second-order valence-corrected chi connectivity index (χ2v) is 7.09. The van der Waals surface area contributed by atoms with Crippen molar-refractivity contribution in [2.24, 2.45) is 11.7 Å². The monoisotopic (exact) mass is 263 g/mol. The highest BCUT2D eigenvalue weighted by atomic mass is 32.2. The molecular formula is C11H25N3O2S. The molecule has 2 N–H and O–H groups in total. The number of piperidine rings is 1. The first-order chi connectivity index (χ1) is 7.82. The fourth-order valence-electron chi connectivity index (χ4n) is 2.28. The first kappa shape index (κ1) is 14.9. The summed E-state index contributed by atoms with van der Waals surface area (Å²) in [6, 6.07) is -0.0920. The Balaban J connectivity index is 2.96. The Labute approximate surface area is 105 Å². The van der Waals surface area contributed by atoms with Crippen molar-refractivity contribution in [1.82, 2.24) is 8.61 Å². The van der Waals surface area contributed by atoms with E-state index in [0.29, 0.717) is 19.0 Å². The molecule has 1 aliphatic heterocycles. The fourth-order valence-corrected chi connectivity index (χ4v) is 4.14. The SMILES string of the molecule is CC(C)N(C)S(=O)(=O)N1CCC[C@H](C)[C@@H]1CN. The summed E-state index contributed by atoms with van der Waals surface area (Å²) in [5.74, 6) is 0.337. The van der Waals surface area contributed by atoms with E-state index in [4.69, 9.17) is 5.73 Å². The summed E-state index contributed by atoms with van der Waals surface area (Å²) in [7, 11) is -1.74. The molecule has 0 radical (unpaired) electrons. The third-order valence-electron chi connectivity index (χ3n) is 3.69. The minimum atomic E-state index is -3.37. The number of rotatable bonds is 4. The Morgan fingerprint density at radius 2 is 2.06 bits per heavy atom. The Hall–Kier alpha value is -0.170. The third-order valence-corrected chi connectivity index (χ3v) is 5.89. The topological polar surface area (TPSA) is 66.6 Å². The molecule has 0 aromatic rings. The van der Waals surface area contributed by atoms with Crippen LogP contribution in [0.3, 0.4) is 0 Å². The molecule has 6 heteroatoms. The molecule has 5 nitrogen and oxygen atoms in total. The zero-order valence-corrected chi connectivity index (χ0v) is 12.1. The standard InChI is InChI=1S/C11H25N3O2S/c1-9(2)13(4)17(15,16)14-7-5-6-10(3)11(14)8-12/h9-11H,5-8,12H2,1-4H3/t10-,11-/m0/s1. The molecular weight excluding hydrogens is 238 g/mol. The average Bonchev–Trinajstić information content (AvgIpc) is 2.27. The Kier molecular flexibility index (Phi) is 4.95. The van der Waals surface area contributed by atoms with Gasteiger partial charge in [0.2, 0.25) is 0 Å². The molecule has 1 fully saturated rings. The molecule has 0 spiro atoms. The van der Waals surface area contributed by atoms with Gasteiger partial charge in [-0.2, -0.15) is 17.0 Å². The normalized spacial score (nSPS) is 27.9. The van der Waals surface area contributed by atoms with Gasteiger partial charge in [-0.05, 0) is 32.6 Å². The van der Waals surface area contributed by atoms with Crippen LogP contribution in [0.15, 0.2) is 0 Å². The maximum Gasteiger partial charge on any atom is 0.282 e. The minimum absolute atomic E-state index is 0.0318. The molecule has 102 valence electrons. The third kappa shape index (κ3) is 2.99. The summed E-state index contributed by atoms with van der Waals surface area (Å²) >= 11 is 0. The van der Waals surface area contributed by atoms with Crippen molar-refractivity contribution in [3.63, 3.8) is 0 Å². The van der Waals surface area contributed by atoms with E-state index in [2.05, 4.69) is 6.92 Å². The molecule has 0 saturated carbocycles. The van der Waals surface area contributed by atoms with Gasteiger partial charge in [-0.15, -0.1) is 0 Å². The zero-order valence-electron chi connectivity index (χ0n) is 11.3. The molecule has 1 saturated heterocycles. The van der Waals surface area contributed by atoms with Crippen LogP contribution >= 0.6 is 0 Å². The lowest BCUT2D eigenvalue weighted by molar-refractivity contribution is 0.179. The van der Waals surface area contributed by atoms with Gasteiger partial charge >= 0.3 is 0 Å². The highest BCUT2D eigenvalue weighted by molar-refractivity contribution is 7.86. The Morgan fingerprint density at radius 1 is 1.47 bits per heavy atom. The largest absolute Gasteiger partial charge is 0.329 e. The lowest BCUT2D eigenvalue weighted by Gasteiger charge is -2.40. The molecule has 2 atom stereocenters. The molecule has 0 unspecified atom stereocenters. The fraction of sp³-hybridized carbons (Fsp3) is 1.00. The van der Waals surface area contributed by atoms with E-state index < -0.39 is 10.2 Å². The number of hydrogen-bond donors (Lipinski definition) is 1. The molecule has 1 aliphatic rings. The van der Waals surface area contributed by atoms with Crippen molar-refractivity contribution in [3.8, 4) is 0 Å². The van der Waals surface area contributed by atoms with Crippen LogP contribution in [0, 0.1) is 5.92 Å². The number of nitrogens with zero attached hydrogens (tertiary/aromatic N) is 2. The van der Waals surface area contributed by atoms with Crippen LogP contribution in [0.1, 0.15) is 33.6 Å². The average molecular weight is 263 g/mol. The number of hydrogen-bond acceptors (Lipinski definition) is 3.